The van der Waals surface area contributed by atoms with Crippen molar-refractivity contribution in [3.8, 4) is 0 Å². The van der Waals surface area contributed by atoms with Crippen LogP contribution in [0.15, 0.2) is 29.5 Å². The van der Waals surface area contributed by atoms with Crippen LogP contribution in [0.4, 0.5) is 4.39 Å². The summed E-state index contributed by atoms with van der Waals surface area (Å²) in [7, 11) is 0. The number of Topliss-reactive ketones (excluding diaryl/α,β-unsaturated/α-hetero) is 1. The highest BCUT2D eigenvalue weighted by Gasteiger charge is 2.47. The Bertz CT molecular complexity index is 1040. The van der Waals surface area contributed by atoms with Crippen LogP contribution in [0, 0.1) is 19.7 Å². The summed E-state index contributed by atoms with van der Waals surface area (Å²) >= 11 is 7.47. The van der Waals surface area contributed by atoms with Crippen LogP contribution in [0.1, 0.15) is 44.8 Å². The highest BCUT2D eigenvalue weighted by molar-refractivity contribution is 7.14. The van der Waals surface area contributed by atoms with Crippen molar-refractivity contribution in [3.05, 3.63) is 61.5 Å². The van der Waals surface area contributed by atoms with Gasteiger partial charge in [0.1, 0.15) is 5.82 Å². The topological polar surface area (TPSA) is 79.7 Å². The first-order valence-corrected chi connectivity index (χ1v) is 10.8. The largest absolute Gasteiger partial charge is 0.503 e. The fourth-order valence-corrected chi connectivity index (χ4v) is 5.16. The zero-order valence-electron chi connectivity index (χ0n) is 16.4. The number of amides is 1. The van der Waals surface area contributed by atoms with E-state index in [4.69, 9.17) is 16.3 Å². The number of rotatable bonds is 5. The summed E-state index contributed by atoms with van der Waals surface area (Å²) in [6, 6.07) is 3.01. The molecule has 0 bridgehead atoms. The molecular weight excluding hydrogens is 431 g/mol. The molecule has 9 heteroatoms. The van der Waals surface area contributed by atoms with Crippen molar-refractivity contribution < 1.29 is 23.8 Å². The number of aliphatic hydroxyl groups is 1. The molecule has 0 spiro atoms. The average Bonchev–Trinajstić information content (AvgIpc) is 3.38. The third-order valence-electron chi connectivity index (χ3n) is 5.36. The Kier molecular flexibility index (Phi) is 5.65. The standard InChI is InChI=1S/C21H20ClFN2O4S/c1-10-20(30-11(2)24-10)18(26)16-17(15-13(22)6-3-7-14(15)23)25(21(28)19(16)27)9-12-5-4-8-29-12/h3,6-7,12,17,27H,4-5,8-9H2,1-2H3. The summed E-state index contributed by atoms with van der Waals surface area (Å²) in [4.78, 5) is 32.2. The van der Waals surface area contributed by atoms with Crippen LogP contribution in [0.5, 0.6) is 0 Å². The quantitative estimate of drug-likeness (QED) is 0.686. The molecule has 4 rings (SSSR count). The molecule has 0 saturated carbocycles. The van der Waals surface area contributed by atoms with E-state index in [9.17, 15) is 19.1 Å². The predicted molar refractivity (Wildman–Crippen MR) is 110 cm³/mol. The number of carbonyl (C=O) groups is 2. The van der Waals surface area contributed by atoms with Gasteiger partial charge in [0.25, 0.3) is 5.91 Å². The average molecular weight is 451 g/mol. The van der Waals surface area contributed by atoms with Gasteiger partial charge in [0, 0.05) is 23.7 Å². The smallest absolute Gasteiger partial charge is 0.290 e. The SMILES string of the molecule is Cc1nc(C)c(C(=O)C2=C(O)C(=O)N(CC3CCCO3)C2c2c(F)cccc2Cl)s1. The molecule has 1 N–H and O–H groups in total. The van der Waals surface area contributed by atoms with Gasteiger partial charge in [-0.15, -0.1) is 11.3 Å². The van der Waals surface area contributed by atoms with Crippen molar-refractivity contribution >= 4 is 34.6 Å². The van der Waals surface area contributed by atoms with Crippen molar-refractivity contribution in [2.75, 3.05) is 13.2 Å². The van der Waals surface area contributed by atoms with E-state index in [0.29, 0.717) is 22.2 Å². The molecule has 2 unspecified atom stereocenters. The summed E-state index contributed by atoms with van der Waals surface area (Å²) in [5, 5.41) is 11.4. The van der Waals surface area contributed by atoms with E-state index in [1.807, 2.05) is 0 Å². The Morgan fingerprint density at radius 2 is 2.20 bits per heavy atom. The fourth-order valence-electron chi connectivity index (χ4n) is 4.02. The Balaban J connectivity index is 1.84. The Morgan fingerprint density at radius 1 is 1.43 bits per heavy atom. The minimum Gasteiger partial charge on any atom is -0.503 e. The van der Waals surface area contributed by atoms with Gasteiger partial charge in [-0.2, -0.15) is 0 Å². The van der Waals surface area contributed by atoms with Crippen LogP contribution in [0.2, 0.25) is 5.02 Å². The number of benzene rings is 1. The van der Waals surface area contributed by atoms with Crippen LogP contribution >= 0.6 is 22.9 Å². The van der Waals surface area contributed by atoms with Gasteiger partial charge in [-0.05, 0) is 38.8 Å². The lowest BCUT2D eigenvalue weighted by molar-refractivity contribution is -0.131. The van der Waals surface area contributed by atoms with Crippen LogP contribution in [0.25, 0.3) is 0 Å². The molecule has 2 aliphatic rings. The molecule has 30 heavy (non-hydrogen) atoms. The number of hydrogen-bond acceptors (Lipinski definition) is 6. The Hall–Kier alpha value is -2.29. The van der Waals surface area contributed by atoms with Gasteiger partial charge in [0.15, 0.2) is 5.76 Å². The Labute approximate surface area is 181 Å². The monoisotopic (exact) mass is 450 g/mol. The molecule has 1 amide bonds. The molecule has 2 aliphatic heterocycles. The number of thiazole rings is 1. The summed E-state index contributed by atoms with van der Waals surface area (Å²) in [6.45, 7) is 4.13. The van der Waals surface area contributed by atoms with Gasteiger partial charge in [-0.1, -0.05) is 17.7 Å². The number of ketones is 1. The lowest BCUT2D eigenvalue weighted by Crippen LogP contribution is -2.37. The first-order valence-electron chi connectivity index (χ1n) is 9.58. The molecule has 158 valence electrons. The van der Waals surface area contributed by atoms with E-state index in [1.54, 1.807) is 13.8 Å². The van der Waals surface area contributed by atoms with E-state index < -0.39 is 29.3 Å². The molecule has 0 radical (unpaired) electrons. The molecule has 1 saturated heterocycles. The molecule has 1 aromatic carbocycles. The number of hydrogen-bond donors (Lipinski definition) is 1. The lowest BCUT2D eigenvalue weighted by atomic mass is 9.94. The van der Waals surface area contributed by atoms with Gasteiger partial charge >= 0.3 is 0 Å². The second-order valence-electron chi connectivity index (χ2n) is 7.37. The van der Waals surface area contributed by atoms with Crippen LogP contribution < -0.4 is 0 Å². The predicted octanol–water partition coefficient (Wildman–Crippen LogP) is 4.31. The first kappa shape index (κ1) is 21.0. The van der Waals surface area contributed by atoms with Gasteiger partial charge < -0.3 is 14.7 Å². The van der Waals surface area contributed by atoms with E-state index in [2.05, 4.69) is 4.98 Å². The van der Waals surface area contributed by atoms with E-state index in [0.717, 1.165) is 12.8 Å². The number of aromatic nitrogens is 1. The summed E-state index contributed by atoms with van der Waals surface area (Å²) < 4.78 is 20.5. The van der Waals surface area contributed by atoms with Crippen molar-refractivity contribution in [1.29, 1.82) is 0 Å². The molecule has 2 aromatic rings. The third kappa shape index (κ3) is 3.53. The summed E-state index contributed by atoms with van der Waals surface area (Å²) in [5.74, 6) is -2.64. The fraction of sp³-hybridized carbons (Fsp3) is 0.381. The molecular formula is C21H20ClFN2O4S. The van der Waals surface area contributed by atoms with Crippen molar-refractivity contribution in [2.24, 2.45) is 0 Å². The van der Waals surface area contributed by atoms with Crippen molar-refractivity contribution in [2.45, 2.75) is 38.8 Å². The highest BCUT2D eigenvalue weighted by atomic mass is 35.5. The first-order chi connectivity index (χ1) is 14.3. The van der Waals surface area contributed by atoms with Gasteiger partial charge in [0.2, 0.25) is 5.78 Å². The van der Waals surface area contributed by atoms with Gasteiger partial charge in [-0.25, -0.2) is 9.37 Å². The van der Waals surface area contributed by atoms with E-state index in [1.165, 1.54) is 34.4 Å². The number of carbonyl (C=O) groups excluding carboxylic acids is 2. The van der Waals surface area contributed by atoms with E-state index in [-0.39, 0.29) is 28.8 Å². The van der Waals surface area contributed by atoms with Crippen LogP contribution in [0.3, 0.4) is 0 Å². The van der Waals surface area contributed by atoms with Crippen LogP contribution in [-0.2, 0) is 9.53 Å². The van der Waals surface area contributed by atoms with Crippen molar-refractivity contribution in [1.82, 2.24) is 9.88 Å². The summed E-state index contributed by atoms with van der Waals surface area (Å²) in [5.41, 5.74) is 0.291. The Morgan fingerprint density at radius 3 is 2.80 bits per heavy atom. The lowest BCUT2D eigenvalue weighted by Gasteiger charge is -2.29. The zero-order valence-corrected chi connectivity index (χ0v) is 18.0. The maximum atomic E-state index is 14.9. The molecule has 1 aromatic heterocycles. The van der Waals surface area contributed by atoms with Gasteiger partial charge in [-0.3, -0.25) is 9.59 Å². The van der Waals surface area contributed by atoms with Crippen molar-refractivity contribution in [3.63, 3.8) is 0 Å². The van der Waals surface area contributed by atoms with E-state index >= 15 is 0 Å². The molecule has 0 aliphatic carbocycles. The highest BCUT2D eigenvalue weighted by Crippen LogP contribution is 2.43. The maximum Gasteiger partial charge on any atom is 0.290 e. The molecule has 6 nitrogen and oxygen atoms in total. The second kappa shape index (κ2) is 8.09. The normalized spacial score (nSPS) is 21.7. The number of halogens is 2. The minimum absolute atomic E-state index is 0.0168. The maximum absolute atomic E-state index is 14.9. The molecule has 2 atom stereocenters. The van der Waals surface area contributed by atoms with Crippen LogP contribution in [-0.4, -0.2) is 45.9 Å². The number of ether oxygens (including phenoxy) is 1. The number of nitrogens with zero attached hydrogens (tertiary/aromatic N) is 2. The van der Waals surface area contributed by atoms with Gasteiger partial charge in [0.05, 0.1) is 33.3 Å². The summed E-state index contributed by atoms with van der Waals surface area (Å²) in [6.07, 6.45) is 1.33. The molecule has 1 fully saturated rings. The number of aliphatic hydroxyl groups excluding tert-OH is 1. The third-order valence-corrected chi connectivity index (χ3v) is 6.76. The zero-order chi connectivity index (χ0) is 21.6. The second-order valence-corrected chi connectivity index (χ2v) is 8.98. The minimum atomic E-state index is -1.15. The number of aryl methyl sites for hydroxylation is 2. The molecule has 3 heterocycles.